The molecule has 0 saturated carbocycles. The Morgan fingerprint density at radius 1 is 0.690 bits per heavy atom. The van der Waals surface area contributed by atoms with Crippen molar-refractivity contribution >= 4 is 10.1 Å². The molecule has 1 N–H and O–H groups in total. The van der Waals surface area contributed by atoms with Crippen molar-refractivity contribution in [3.63, 3.8) is 0 Å². The monoisotopic (exact) mass is 458 g/mol. The van der Waals surface area contributed by atoms with Crippen LogP contribution in [0.25, 0.3) is 0 Å². The third kappa shape index (κ3) is 22.5. The van der Waals surface area contributed by atoms with Crippen LogP contribution < -0.4 is 51.4 Å². The summed E-state index contributed by atoms with van der Waals surface area (Å²) in [6.07, 6.45) is 21.3. The SMILES string of the molecule is CCCCCCCCCCCCCCCCCCC(O)CC(CC)S(=O)(=O)[O-].[K+]. The first kappa shape index (κ1) is 32.7. The molecule has 0 radical (unpaired) electrons. The standard InChI is InChI=1S/C23H48O4S.K/c1-3-5-6-7-8-9-10-11-12-13-14-15-16-17-18-19-20-22(24)21-23(4-2)28(25,26)27;/h22-24H,3-21H2,1-2H3,(H,25,26,27);/q;+1/p-1. The molecule has 0 fully saturated rings. The van der Waals surface area contributed by atoms with E-state index in [-0.39, 0.29) is 64.2 Å². The molecule has 0 aromatic rings. The van der Waals surface area contributed by atoms with Crippen LogP contribution in [0.4, 0.5) is 0 Å². The van der Waals surface area contributed by atoms with Crippen molar-refractivity contribution in [3.8, 4) is 0 Å². The van der Waals surface area contributed by atoms with Crippen LogP contribution in [0.5, 0.6) is 0 Å². The van der Waals surface area contributed by atoms with Crippen molar-refractivity contribution in [1.29, 1.82) is 0 Å². The van der Waals surface area contributed by atoms with E-state index in [1.54, 1.807) is 6.92 Å². The van der Waals surface area contributed by atoms with E-state index in [1.807, 2.05) is 0 Å². The molecule has 4 nitrogen and oxygen atoms in total. The number of aliphatic hydroxyl groups is 1. The average Bonchev–Trinajstić information content (AvgIpc) is 2.64. The van der Waals surface area contributed by atoms with E-state index in [4.69, 9.17) is 0 Å². The Bertz CT molecular complexity index is 429. The van der Waals surface area contributed by atoms with E-state index < -0.39 is 21.5 Å². The molecule has 29 heavy (non-hydrogen) atoms. The van der Waals surface area contributed by atoms with Crippen molar-refractivity contribution in [2.24, 2.45) is 0 Å². The van der Waals surface area contributed by atoms with E-state index in [0.717, 1.165) is 12.8 Å². The van der Waals surface area contributed by atoms with Crippen LogP contribution in [0, 0.1) is 0 Å². The molecule has 0 spiro atoms. The van der Waals surface area contributed by atoms with Crippen LogP contribution in [-0.2, 0) is 10.1 Å². The summed E-state index contributed by atoms with van der Waals surface area (Å²) in [4.78, 5) is 0. The average molecular weight is 459 g/mol. The molecule has 2 atom stereocenters. The molecular weight excluding hydrogens is 411 g/mol. The summed E-state index contributed by atoms with van der Waals surface area (Å²) in [6.45, 7) is 3.95. The quantitative estimate of drug-likeness (QED) is 0.162. The van der Waals surface area contributed by atoms with E-state index >= 15 is 0 Å². The Labute approximate surface area is 224 Å². The Kier molecular flexibility index (Phi) is 25.6. The fraction of sp³-hybridized carbons (Fsp3) is 1.00. The van der Waals surface area contributed by atoms with Gasteiger partial charge < -0.3 is 9.66 Å². The van der Waals surface area contributed by atoms with Crippen molar-refractivity contribution in [3.05, 3.63) is 0 Å². The van der Waals surface area contributed by atoms with Gasteiger partial charge in [0.05, 0.1) is 21.5 Å². The van der Waals surface area contributed by atoms with Gasteiger partial charge in [0.15, 0.2) is 0 Å². The largest absolute Gasteiger partial charge is 1.00 e. The number of rotatable bonds is 21. The zero-order valence-corrected chi connectivity index (χ0v) is 23.6. The first-order valence-electron chi connectivity index (χ1n) is 12.0. The minimum Gasteiger partial charge on any atom is -0.748 e. The maximum absolute atomic E-state index is 11.1. The van der Waals surface area contributed by atoms with Gasteiger partial charge in [-0.15, -0.1) is 0 Å². The molecular formula is C23H47KO4S. The second-order valence-corrected chi connectivity index (χ2v) is 10.2. The summed E-state index contributed by atoms with van der Waals surface area (Å²) in [5, 5.41) is 8.98. The molecule has 6 heteroatoms. The summed E-state index contributed by atoms with van der Waals surface area (Å²) in [5.41, 5.74) is 0. The fourth-order valence-corrected chi connectivity index (χ4v) is 4.70. The molecule has 0 aliphatic rings. The van der Waals surface area contributed by atoms with Crippen molar-refractivity contribution in [2.75, 3.05) is 0 Å². The molecule has 0 aromatic carbocycles. The molecule has 0 aliphatic carbocycles. The minimum atomic E-state index is -4.28. The molecule has 0 saturated heterocycles. The number of unbranched alkanes of at least 4 members (excludes halogenated alkanes) is 15. The molecule has 0 heterocycles. The van der Waals surface area contributed by atoms with E-state index in [2.05, 4.69) is 6.92 Å². The normalized spacial score (nSPS) is 13.8. The van der Waals surface area contributed by atoms with Gasteiger partial charge in [-0.25, -0.2) is 8.42 Å². The van der Waals surface area contributed by atoms with E-state index in [9.17, 15) is 18.1 Å². The fourth-order valence-electron chi connectivity index (χ4n) is 3.84. The van der Waals surface area contributed by atoms with Crippen molar-refractivity contribution < 1.29 is 69.5 Å². The second-order valence-electron chi connectivity index (χ2n) is 8.50. The smallest absolute Gasteiger partial charge is 0.748 e. The molecule has 0 aliphatic heterocycles. The van der Waals surface area contributed by atoms with Crippen LogP contribution >= 0.6 is 0 Å². The van der Waals surface area contributed by atoms with Crippen LogP contribution in [0.2, 0.25) is 0 Å². The van der Waals surface area contributed by atoms with E-state index in [1.165, 1.54) is 89.9 Å². The van der Waals surface area contributed by atoms with Crippen LogP contribution in [0.15, 0.2) is 0 Å². The number of hydrogen-bond acceptors (Lipinski definition) is 4. The molecule has 2 unspecified atom stereocenters. The van der Waals surface area contributed by atoms with Gasteiger partial charge in [0.2, 0.25) is 0 Å². The van der Waals surface area contributed by atoms with Crippen LogP contribution in [0.3, 0.4) is 0 Å². The predicted octanol–water partition coefficient (Wildman–Crippen LogP) is 3.72. The van der Waals surface area contributed by atoms with Gasteiger partial charge in [0.25, 0.3) is 0 Å². The Balaban J connectivity index is 0. The minimum absolute atomic E-state index is 0. The zero-order chi connectivity index (χ0) is 21.1. The third-order valence-electron chi connectivity index (χ3n) is 5.79. The van der Waals surface area contributed by atoms with Gasteiger partial charge in [-0.3, -0.25) is 0 Å². The van der Waals surface area contributed by atoms with Crippen molar-refractivity contribution in [2.45, 2.75) is 147 Å². The summed E-state index contributed by atoms with van der Waals surface area (Å²) >= 11 is 0. The maximum atomic E-state index is 11.1. The first-order chi connectivity index (χ1) is 13.4. The summed E-state index contributed by atoms with van der Waals surface area (Å²) in [7, 11) is -4.28. The Morgan fingerprint density at radius 2 is 1.03 bits per heavy atom. The van der Waals surface area contributed by atoms with Crippen molar-refractivity contribution in [1.82, 2.24) is 0 Å². The van der Waals surface area contributed by atoms with Gasteiger partial charge in [-0.2, -0.15) is 0 Å². The summed E-state index contributed by atoms with van der Waals surface area (Å²) < 4.78 is 33.2. The van der Waals surface area contributed by atoms with E-state index in [0.29, 0.717) is 6.42 Å². The van der Waals surface area contributed by atoms with Gasteiger partial charge in [-0.05, 0) is 19.3 Å². The first-order valence-corrected chi connectivity index (χ1v) is 13.5. The Morgan fingerprint density at radius 3 is 1.34 bits per heavy atom. The predicted molar refractivity (Wildman–Crippen MR) is 119 cm³/mol. The molecule has 0 aromatic heterocycles. The van der Waals surface area contributed by atoms with Gasteiger partial charge >= 0.3 is 51.4 Å². The maximum Gasteiger partial charge on any atom is 1.00 e. The third-order valence-corrected chi connectivity index (χ3v) is 7.13. The van der Waals surface area contributed by atoms with Crippen LogP contribution in [0.1, 0.15) is 136 Å². The van der Waals surface area contributed by atoms with Gasteiger partial charge in [0.1, 0.15) is 0 Å². The number of aliphatic hydroxyl groups excluding tert-OH is 1. The zero-order valence-electron chi connectivity index (χ0n) is 19.7. The van der Waals surface area contributed by atoms with Crippen LogP contribution in [-0.4, -0.2) is 29.4 Å². The topological polar surface area (TPSA) is 77.4 Å². The summed E-state index contributed by atoms with van der Waals surface area (Å²) in [6, 6.07) is 0. The van der Waals surface area contributed by atoms with Gasteiger partial charge in [-0.1, -0.05) is 117 Å². The number of hydrogen-bond donors (Lipinski definition) is 1. The molecule has 170 valence electrons. The second kappa shape index (κ2) is 22.7. The summed E-state index contributed by atoms with van der Waals surface area (Å²) in [5.74, 6) is 0. The van der Waals surface area contributed by atoms with Gasteiger partial charge in [0, 0.05) is 0 Å². The molecule has 0 amide bonds. The Hall–Kier alpha value is 1.51. The molecule has 0 bridgehead atoms. The molecule has 0 rings (SSSR count).